The van der Waals surface area contributed by atoms with E-state index < -0.39 is 12.6 Å². The molecule has 1 atom stereocenters. The topological polar surface area (TPSA) is 32.3 Å². The van der Waals surface area contributed by atoms with Gasteiger partial charge in [-0.25, -0.2) is 0 Å². The molecule has 0 aromatic carbocycles. The summed E-state index contributed by atoms with van der Waals surface area (Å²) in [6.45, 7) is -0.952. The lowest BCUT2D eigenvalue weighted by atomic mass is 10.3. The highest BCUT2D eigenvalue weighted by Crippen LogP contribution is 1.93. The molecular weight excluding hydrogens is 78.1 g/mol. The van der Waals surface area contributed by atoms with Gasteiger partial charge in [0.1, 0.15) is 0 Å². The molecule has 0 aromatic rings. The van der Waals surface area contributed by atoms with Gasteiger partial charge in [-0.1, -0.05) is 0 Å². The molecule has 0 spiro atoms. The summed E-state index contributed by atoms with van der Waals surface area (Å²) in [5.41, 5.74) is 0. The number of hydrogen-bond acceptors (Lipinski definition) is 2. The minimum absolute atomic E-state index is 0.215. The third kappa shape index (κ3) is 0.698. The van der Waals surface area contributed by atoms with Crippen molar-refractivity contribution in [3.63, 3.8) is 0 Å². The van der Waals surface area contributed by atoms with Crippen LogP contribution >= 0.6 is 0 Å². The van der Waals surface area contributed by atoms with Gasteiger partial charge in [0, 0.05) is 9.29 Å². The van der Waals surface area contributed by atoms with Crippen LogP contribution in [0.1, 0.15) is 9.16 Å². The molecule has 36 valence electrons. The monoisotopic (exact) mass is 89.1 g/mol. The van der Waals surface area contributed by atoms with Crippen molar-refractivity contribution in [2.75, 3.05) is 13.0 Å². The second-order valence-electron chi connectivity index (χ2n) is 1.42. The molecule has 1 unspecified atom stereocenters. The molecule has 1 aliphatic heterocycles. The lowest BCUT2D eigenvalue weighted by molar-refractivity contribution is 0.196. The Hall–Kier alpha value is -0.0800. The van der Waals surface area contributed by atoms with Gasteiger partial charge in [0.2, 0.25) is 0 Å². The zero-order chi connectivity index (χ0) is 6.20. The summed E-state index contributed by atoms with van der Waals surface area (Å²) in [6, 6.07) is 0. The molecule has 2 heteroatoms. The average Bonchev–Trinajstić information content (AvgIpc) is 1.82. The molecule has 1 fully saturated rings. The first-order valence-corrected chi connectivity index (χ1v) is 2.03. The van der Waals surface area contributed by atoms with E-state index in [0.717, 1.165) is 0 Å². The van der Waals surface area contributed by atoms with Crippen LogP contribution in [0.15, 0.2) is 0 Å². The van der Waals surface area contributed by atoms with Gasteiger partial charge in [-0.05, 0) is 12.9 Å². The van der Waals surface area contributed by atoms with Crippen LogP contribution in [-0.2, 0) is 0 Å². The Bertz CT molecular complexity index is 96.0. The number of rotatable bonds is 0. The second kappa shape index (κ2) is 1.58. The van der Waals surface area contributed by atoms with Crippen molar-refractivity contribution in [2.45, 2.75) is 12.5 Å². The fraction of sp³-hybridized carbons (Fsp3) is 1.00. The van der Waals surface area contributed by atoms with E-state index >= 15 is 0 Å². The van der Waals surface area contributed by atoms with Gasteiger partial charge in [-0.2, -0.15) is 0 Å². The highest BCUT2D eigenvalue weighted by molar-refractivity contribution is 4.67. The molecule has 1 heterocycles. The number of β-amino-alcohol motifs (C(OH)–C–C–N with tert-alkyl or cyclic N) is 1. The molecule has 0 aromatic heterocycles. The van der Waals surface area contributed by atoms with E-state index in [2.05, 4.69) is 5.32 Å². The molecular formula is C4H9NO. The molecule has 1 aliphatic rings. The van der Waals surface area contributed by atoms with E-state index in [0.29, 0.717) is 6.54 Å². The summed E-state index contributed by atoms with van der Waals surface area (Å²) < 4.78 is 14.0. The number of aliphatic hydroxyl groups excluding tert-OH is 1. The Morgan fingerprint density at radius 3 is 3.00 bits per heavy atom. The van der Waals surface area contributed by atoms with Crippen LogP contribution in [0.25, 0.3) is 0 Å². The lowest BCUT2D eigenvalue weighted by Crippen LogP contribution is -2.11. The van der Waals surface area contributed by atoms with Crippen LogP contribution < -0.4 is 5.32 Å². The maximum Gasteiger partial charge on any atom is 0.0676 e. The summed E-state index contributed by atoms with van der Waals surface area (Å²) in [5, 5.41) is 11.3. The minimum atomic E-state index is -1.33. The Labute approximate surface area is 40.0 Å². The average molecular weight is 89.1 g/mol. The molecule has 0 saturated carbocycles. The first-order valence-electron chi connectivity index (χ1n) is 3.03. The molecule has 0 radical (unpaired) electrons. The predicted octanol–water partition coefficient (Wildman–Crippen LogP) is -0.659. The van der Waals surface area contributed by atoms with E-state index in [4.69, 9.17) is 7.85 Å². The van der Waals surface area contributed by atoms with Gasteiger partial charge in [0.15, 0.2) is 0 Å². The van der Waals surface area contributed by atoms with Gasteiger partial charge in [0.25, 0.3) is 0 Å². The van der Waals surface area contributed by atoms with Gasteiger partial charge < -0.3 is 10.4 Å². The van der Waals surface area contributed by atoms with E-state index in [1.165, 1.54) is 0 Å². The van der Waals surface area contributed by atoms with Gasteiger partial charge in [0.05, 0.1) is 6.10 Å². The maximum atomic E-state index is 8.76. The van der Waals surface area contributed by atoms with E-state index in [1.807, 2.05) is 0 Å². The van der Waals surface area contributed by atoms with Crippen LogP contribution in [0.2, 0.25) is 0 Å². The largest absolute Gasteiger partial charge is 0.392 e. The molecule has 0 aliphatic carbocycles. The van der Waals surface area contributed by atoms with Crippen LogP contribution in [0.4, 0.5) is 0 Å². The maximum absolute atomic E-state index is 8.76. The molecule has 0 amide bonds. The summed E-state index contributed by atoms with van der Waals surface area (Å²) >= 11 is 0. The Kier molecular flexibility index (Phi) is 0.601. The van der Waals surface area contributed by atoms with Crippen molar-refractivity contribution in [2.24, 2.45) is 0 Å². The van der Waals surface area contributed by atoms with E-state index in [-0.39, 0.29) is 6.42 Å². The van der Waals surface area contributed by atoms with Crippen molar-refractivity contribution in [1.82, 2.24) is 5.32 Å². The van der Waals surface area contributed by atoms with Crippen molar-refractivity contribution >= 4 is 0 Å². The smallest absolute Gasteiger partial charge is 0.0676 e. The second-order valence-corrected chi connectivity index (χ2v) is 1.42. The Morgan fingerprint density at radius 1 is 2.00 bits per heavy atom. The quantitative estimate of drug-likeness (QED) is 0.413. The van der Waals surface area contributed by atoms with Crippen molar-refractivity contribution < 1.29 is 7.85 Å². The van der Waals surface area contributed by atoms with Crippen molar-refractivity contribution in [1.29, 1.82) is 0 Å². The van der Waals surface area contributed by atoms with Gasteiger partial charge in [-0.3, -0.25) is 0 Å². The van der Waals surface area contributed by atoms with Crippen LogP contribution in [0.5, 0.6) is 0 Å². The summed E-state index contributed by atoms with van der Waals surface area (Å²) in [7, 11) is 0. The third-order valence-corrected chi connectivity index (χ3v) is 0.800. The van der Waals surface area contributed by atoms with Gasteiger partial charge >= 0.3 is 0 Å². The predicted molar refractivity (Wildman–Crippen MR) is 23.5 cm³/mol. The highest BCUT2D eigenvalue weighted by atomic mass is 16.3. The fourth-order valence-corrected chi connectivity index (χ4v) is 0.452. The molecule has 0 bridgehead atoms. The fourth-order valence-electron chi connectivity index (χ4n) is 0.452. The SMILES string of the molecule is [2H]C1([2H])CC(O)CN1. The molecule has 1 saturated heterocycles. The molecule has 6 heavy (non-hydrogen) atoms. The van der Waals surface area contributed by atoms with Crippen molar-refractivity contribution in [3.05, 3.63) is 0 Å². The first kappa shape index (κ1) is 2.28. The number of nitrogens with one attached hydrogen (secondary N) is 1. The van der Waals surface area contributed by atoms with E-state index in [1.54, 1.807) is 0 Å². The molecule has 2 nitrogen and oxygen atoms in total. The van der Waals surface area contributed by atoms with E-state index in [9.17, 15) is 0 Å². The van der Waals surface area contributed by atoms with Crippen LogP contribution in [0.3, 0.4) is 0 Å². The number of hydrogen-bond donors (Lipinski definition) is 2. The normalized spacial score (nSPS) is 47.8. The zero-order valence-corrected chi connectivity index (χ0v) is 3.44. The summed E-state index contributed by atoms with van der Waals surface area (Å²) in [5.74, 6) is 0. The van der Waals surface area contributed by atoms with Crippen molar-refractivity contribution in [3.8, 4) is 0 Å². The summed E-state index contributed by atoms with van der Waals surface area (Å²) in [4.78, 5) is 0. The van der Waals surface area contributed by atoms with Gasteiger partial charge in [-0.15, -0.1) is 0 Å². The third-order valence-electron chi connectivity index (χ3n) is 0.800. The Morgan fingerprint density at radius 2 is 2.83 bits per heavy atom. The molecule has 1 rings (SSSR count). The highest BCUT2D eigenvalue weighted by Gasteiger charge is 2.08. The lowest BCUT2D eigenvalue weighted by Gasteiger charge is -1.90. The zero-order valence-electron chi connectivity index (χ0n) is 5.44. The number of aliphatic hydroxyl groups is 1. The first-order chi connectivity index (χ1) is 3.60. The Balaban J connectivity index is 2.44. The van der Waals surface area contributed by atoms with Crippen LogP contribution in [0, 0.1) is 0 Å². The standard InChI is InChI=1S/C4H9NO/c6-4-1-2-5-3-4/h4-6H,1-3H2/i2D2. The van der Waals surface area contributed by atoms with Crippen LogP contribution in [-0.4, -0.2) is 24.3 Å². The molecule has 2 N–H and O–H groups in total. The minimum Gasteiger partial charge on any atom is -0.392 e. The summed E-state index contributed by atoms with van der Waals surface area (Å²) in [6.07, 6.45) is -0.280.